The number of hydrogen-bond acceptors (Lipinski definition) is 5. The summed E-state index contributed by atoms with van der Waals surface area (Å²) in [5.41, 5.74) is 0. The Morgan fingerprint density at radius 1 is 1.32 bits per heavy atom. The van der Waals surface area contributed by atoms with Gasteiger partial charge in [0.05, 0.1) is 12.8 Å². The van der Waals surface area contributed by atoms with E-state index in [4.69, 9.17) is 0 Å². The molecule has 8 nitrogen and oxygen atoms in total. The van der Waals surface area contributed by atoms with Crippen LogP contribution in [0.3, 0.4) is 0 Å². The van der Waals surface area contributed by atoms with Gasteiger partial charge in [0.25, 0.3) is 0 Å². The molecule has 0 aromatic carbocycles. The second-order valence-electron chi connectivity index (χ2n) is 5.53. The number of imidazole rings is 1. The van der Waals surface area contributed by atoms with Gasteiger partial charge in [-0.15, -0.1) is 0 Å². The average Bonchev–Trinajstić information content (AvgIpc) is 2.83. The van der Waals surface area contributed by atoms with Crippen molar-refractivity contribution in [2.75, 3.05) is 39.0 Å². The number of nitrogens with one attached hydrogen (secondary N) is 1. The van der Waals surface area contributed by atoms with Crippen LogP contribution in [0.4, 0.5) is 0 Å². The van der Waals surface area contributed by atoms with Crippen LogP contribution < -0.4 is 4.72 Å². The lowest BCUT2D eigenvalue weighted by molar-refractivity contribution is -0.132. The lowest BCUT2D eigenvalue weighted by Gasteiger charge is -2.34. The van der Waals surface area contributed by atoms with Gasteiger partial charge < -0.3 is 9.47 Å². The number of aromatic nitrogens is 2. The third kappa shape index (κ3) is 5.08. The fourth-order valence-electron chi connectivity index (χ4n) is 2.41. The van der Waals surface area contributed by atoms with Crippen molar-refractivity contribution < 1.29 is 13.2 Å². The molecule has 0 atom stereocenters. The number of aryl methyl sites for hydroxylation is 1. The Hall–Kier alpha value is -1.45. The first-order valence-corrected chi connectivity index (χ1v) is 9.15. The van der Waals surface area contributed by atoms with E-state index in [0.717, 1.165) is 31.7 Å². The second kappa shape index (κ2) is 7.21. The Bertz CT molecular complexity index is 605. The Balaban J connectivity index is 1.72. The van der Waals surface area contributed by atoms with Gasteiger partial charge in [0.1, 0.15) is 5.82 Å². The van der Waals surface area contributed by atoms with E-state index in [1.807, 2.05) is 17.8 Å². The molecule has 1 fully saturated rings. The summed E-state index contributed by atoms with van der Waals surface area (Å²) in [7, 11) is -1.26. The minimum Gasteiger partial charge on any atom is -0.340 e. The monoisotopic (exact) mass is 329 g/mol. The first-order chi connectivity index (χ1) is 10.3. The lowest BCUT2D eigenvalue weighted by Crippen LogP contribution is -2.49. The number of carbonyl (C=O) groups is 1. The van der Waals surface area contributed by atoms with Gasteiger partial charge in [-0.05, 0) is 0 Å². The molecule has 0 unspecified atom stereocenters. The highest BCUT2D eigenvalue weighted by Crippen LogP contribution is 2.07. The molecular weight excluding hydrogens is 306 g/mol. The molecule has 1 aromatic rings. The van der Waals surface area contributed by atoms with E-state index in [-0.39, 0.29) is 18.9 Å². The lowest BCUT2D eigenvalue weighted by atomic mass is 10.2. The van der Waals surface area contributed by atoms with Crippen molar-refractivity contribution in [3.63, 3.8) is 0 Å². The van der Waals surface area contributed by atoms with E-state index in [1.54, 1.807) is 11.1 Å². The summed E-state index contributed by atoms with van der Waals surface area (Å²) in [6, 6.07) is 0. The van der Waals surface area contributed by atoms with E-state index in [1.165, 1.54) is 0 Å². The zero-order chi connectivity index (χ0) is 16.2. The third-order valence-electron chi connectivity index (χ3n) is 3.71. The van der Waals surface area contributed by atoms with Crippen LogP contribution >= 0.6 is 0 Å². The zero-order valence-corrected chi connectivity index (χ0v) is 13.8. The minimum atomic E-state index is -3.23. The maximum absolute atomic E-state index is 12.0. The van der Waals surface area contributed by atoms with Crippen LogP contribution in [0, 0.1) is 0 Å². The van der Waals surface area contributed by atoms with Crippen molar-refractivity contribution in [1.82, 2.24) is 24.1 Å². The highest BCUT2D eigenvalue weighted by atomic mass is 32.2. The van der Waals surface area contributed by atoms with E-state index in [2.05, 4.69) is 14.6 Å². The molecule has 0 saturated carbocycles. The normalized spacial score (nSPS) is 16.9. The van der Waals surface area contributed by atoms with E-state index in [0.29, 0.717) is 13.1 Å². The van der Waals surface area contributed by atoms with Gasteiger partial charge in [-0.3, -0.25) is 9.69 Å². The molecule has 0 bridgehead atoms. The molecule has 124 valence electrons. The second-order valence-corrected chi connectivity index (χ2v) is 7.36. The topological polar surface area (TPSA) is 87.5 Å². The minimum absolute atomic E-state index is 0.00667. The number of piperazine rings is 1. The fraction of sp³-hybridized carbons (Fsp3) is 0.692. The molecule has 2 rings (SSSR count). The highest BCUT2D eigenvalue weighted by molar-refractivity contribution is 7.88. The van der Waals surface area contributed by atoms with Crippen molar-refractivity contribution in [3.8, 4) is 0 Å². The largest absolute Gasteiger partial charge is 0.340 e. The molecule has 1 saturated heterocycles. The van der Waals surface area contributed by atoms with Crippen LogP contribution in [0.5, 0.6) is 0 Å². The first-order valence-electron chi connectivity index (χ1n) is 7.26. The van der Waals surface area contributed by atoms with Crippen LogP contribution in [0.2, 0.25) is 0 Å². The SMILES string of the molecule is Cn1ccnc1CN1CCN(C(=O)CCNS(C)(=O)=O)CC1. The predicted molar refractivity (Wildman–Crippen MR) is 82.5 cm³/mol. The summed E-state index contributed by atoms with van der Waals surface area (Å²) in [5, 5.41) is 0. The maximum atomic E-state index is 12.0. The van der Waals surface area contributed by atoms with Crippen LogP contribution in [-0.2, 0) is 28.4 Å². The van der Waals surface area contributed by atoms with Gasteiger partial charge in [-0.25, -0.2) is 18.1 Å². The number of nitrogens with zero attached hydrogens (tertiary/aromatic N) is 4. The summed E-state index contributed by atoms with van der Waals surface area (Å²) in [5.74, 6) is 1.00. The summed E-state index contributed by atoms with van der Waals surface area (Å²) in [6.07, 6.45) is 4.99. The van der Waals surface area contributed by atoms with Crippen molar-refractivity contribution in [2.24, 2.45) is 7.05 Å². The first kappa shape index (κ1) is 16.9. The summed E-state index contributed by atoms with van der Waals surface area (Å²) < 4.78 is 26.3. The molecule has 1 N–H and O–H groups in total. The van der Waals surface area contributed by atoms with E-state index in [9.17, 15) is 13.2 Å². The molecule has 1 aliphatic heterocycles. The average molecular weight is 329 g/mol. The third-order valence-corrected chi connectivity index (χ3v) is 4.44. The molecule has 22 heavy (non-hydrogen) atoms. The molecule has 0 radical (unpaired) electrons. The number of hydrogen-bond donors (Lipinski definition) is 1. The van der Waals surface area contributed by atoms with Gasteiger partial charge in [0.15, 0.2) is 0 Å². The smallest absolute Gasteiger partial charge is 0.223 e. The molecule has 2 heterocycles. The molecule has 1 aromatic heterocycles. The van der Waals surface area contributed by atoms with Crippen molar-refractivity contribution >= 4 is 15.9 Å². The number of amides is 1. The molecule has 9 heteroatoms. The number of sulfonamides is 1. The van der Waals surface area contributed by atoms with Crippen LogP contribution in [0.25, 0.3) is 0 Å². The highest BCUT2D eigenvalue weighted by Gasteiger charge is 2.21. The number of carbonyl (C=O) groups excluding carboxylic acids is 1. The number of rotatable bonds is 6. The summed E-state index contributed by atoms with van der Waals surface area (Å²) >= 11 is 0. The van der Waals surface area contributed by atoms with E-state index < -0.39 is 10.0 Å². The summed E-state index contributed by atoms with van der Waals surface area (Å²) in [4.78, 5) is 20.4. The summed E-state index contributed by atoms with van der Waals surface area (Å²) in [6.45, 7) is 3.88. The molecular formula is C13H23N5O3S. The van der Waals surface area contributed by atoms with Crippen molar-refractivity contribution in [1.29, 1.82) is 0 Å². The predicted octanol–water partition coefficient (Wildman–Crippen LogP) is -0.996. The Morgan fingerprint density at radius 3 is 2.55 bits per heavy atom. The van der Waals surface area contributed by atoms with Crippen LogP contribution in [0.15, 0.2) is 12.4 Å². The maximum Gasteiger partial charge on any atom is 0.223 e. The van der Waals surface area contributed by atoms with Gasteiger partial charge in [-0.1, -0.05) is 0 Å². The van der Waals surface area contributed by atoms with Crippen LogP contribution in [0.1, 0.15) is 12.2 Å². The zero-order valence-electron chi connectivity index (χ0n) is 13.0. The fourth-order valence-corrected chi connectivity index (χ4v) is 2.88. The standard InChI is InChI=1S/C13H23N5O3S/c1-16-6-5-14-12(16)11-17-7-9-18(10-8-17)13(19)3-4-15-22(2,20)21/h5-6,15H,3-4,7-11H2,1-2H3. The van der Waals surface area contributed by atoms with E-state index >= 15 is 0 Å². The van der Waals surface area contributed by atoms with Gasteiger partial charge in [-0.2, -0.15) is 0 Å². The molecule has 1 aliphatic rings. The quantitative estimate of drug-likeness (QED) is 0.724. The van der Waals surface area contributed by atoms with Gasteiger partial charge in [0, 0.05) is 58.6 Å². The molecule has 0 spiro atoms. The Kier molecular flexibility index (Phi) is 5.54. The van der Waals surface area contributed by atoms with Crippen molar-refractivity contribution in [3.05, 3.63) is 18.2 Å². The van der Waals surface area contributed by atoms with Crippen molar-refractivity contribution in [2.45, 2.75) is 13.0 Å². The van der Waals surface area contributed by atoms with Gasteiger partial charge >= 0.3 is 0 Å². The Morgan fingerprint density at radius 2 is 2.00 bits per heavy atom. The molecule has 0 aliphatic carbocycles. The van der Waals surface area contributed by atoms with Gasteiger partial charge in [0.2, 0.25) is 15.9 Å². The molecule has 1 amide bonds. The Labute approximate surface area is 131 Å². The van der Waals surface area contributed by atoms with Crippen LogP contribution in [-0.4, -0.2) is 72.7 Å².